The number of carbonyl (C=O) groups is 1. The number of hydrogen-bond donors (Lipinski definition) is 0. The van der Waals surface area contributed by atoms with Crippen molar-refractivity contribution in [1.82, 2.24) is 0 Å². The largest absolute Gasteiger partial charge is 0.673 e. The molecule has 0 aliphatic heterocycles. The Morgan fingerprint density at radius 2 is 0.944 bits per heavy atom. The average molecular weight is 668 g/mol. The van der Waals surface area contributed by atoms with Gasteiger partial charge in [-0.15, -0.1) is 0 Å². The normalized spacial score (nSPS) is 11.1. The zero-order valence-electron chi connectivity index (χ0n) is 19.3. The van der Waals surface area contributed by atoms with Crippen molar-refractivity contribution < 1.29 is 48.0 Å². The molecule has 4 aromatic carbocycles. The summed E-state index contributed by atoms with van der Waals surface area (Å²) in [5, 5.41) is 0. The number of carbonyl (C=O) groups excluding carboxylic acids is 1. The summed E-state index contributed by atoms with van der Waals surface area (Å²) in [7, 11) is -4.50. The van der Waals surface area contributed by atoms with Crippen molar-refractivity contribution in [2.45, 2.75) is 0 Å². The molecule has 0 bridgehead atoms. The van der Waals surface area contributed by atoms with E-state index in [2.05, 4.69) is 84.9 Å². The van der Waals surface area contributed by atoms with Crippen molar-refractivity contribution in [3.8, 4) is 0 Å². The molecule has 2 nitrogen and oxygen atoms in total. The molecule has 0 heterocycles. The van der Waals surface area contributed by atoms with E-state index in [0.717, 1.165) is 2.31 Å². The van der Waals surface area contributed by atoms with Gasteiger partial charge in [0.05, 0.1) is 0 Å². The number of benzene rings is 4. The second kappa shape index (κ2) is 13.0. The molecule has 186 valence electrons. The quantitative estimate of drug-likeness (QED) is 0.134. The number of methoxy groups -OCH3 is 1. The summed E-state index contributed by atoms with van der Waals surface area (Å²) in [6, 6.07) is 42.0. The fourth-order valence-electron chi connectivity index (χ4n) is 3.65. The fourth-order valence-corrected chi connectivity index (χ4v) is 21.3. The molecule has 0 unspecified atom stereocenters. The first-order chi connectivity index (χ1) is 17.3. The van der Waals surface area contributed by atoms with Gasteiger partial charge in [-0.25, -0.2) is 0 Å². The Labute approximate surface area is 220 Å². The Hall–Kier alpha value is -2.71. The third-order valence-electron chi connectivity index (χ3n) is 5.01. The van der Waals surface area contributed by atoms with Gasteiger partial charge in [0, 0.05) is 0 Å². The number of hydrogen-bond acceptors (Lipinski definition) is 2. The van der Waals surface area contributed by atoms with E-state index in [4.69, 9.17) is 4.74 Å². The van der Waals surface area contributed by atoms with E-state index in [9.17, 15) is 22.1 Å². The fraction of sp³-hybridized carbons (Fsp3) is 0.0370. The Bertz CT molecular complexity index is 1190. The maximum Gasteiger partial charge on any atom is 0.673 e. The second-order valence-electron chi connectivity index (χ2n) is 7.34. The monoisotopic (exact) mass is 668 g/mol. The van der Waals surface area contributed by atoms with E-state index < -0.39 is 41.6 Å². The van der Waals surface area contributed by atoms with Crippen molar-refractivity contribution in [3.63, 3.8) is 0 Å². The molecule has 0 fully saturated rings. The number of esters is 1. The first-order valence-electron chi connectivity index (χ1n) is 10.9. The van der Waals surface area contributed by atoms with Crippen molar-refractivity contribution >= 4 is 41.7 Å². The standard InChI is InChI=1S/C27H23AsIO2.BF4/c1-31-27(30)26(29-25-20-12-5-13-21-25)28(22-14-6-2-7-15-22,23-16-8-3-9-17-23)24-18-10-4-11-19-24;2-1(3,4)5/h2-21H,1H3;/q+1;-1. The van der Waals surface area contributed by atoms with Crippen LogP contribution in [0.25, 0.3) is 0 Å². The van der Waals surface area contributed by atoms with Gasteiger partial charge in [-0.2, -0.15) is 0 Å². The summed E-state index contributed by atoms with van der Waals surface area (Å²) < 4.78 is 50.3. The predicted molar refractivity (Wildman–Crippen MR) is 136 cm³/mol. The van der Waals surface area contributed by atoms with Gasteiger partial charge in [0.25, 0.3) is 0 Å². The maximum atomic E-state index is 13.5. The average Bonchev–Trinajstić information content (AvgIpc) is 2.90. The smallest absolute Gasteiger partial charge is 0.418 e. The number of halogens is 5. The van der Waals surface area contributed by atoms with Gasteiger partial charge in [0.1, 0.15) is 0 Å². The van der Waals surface area contributed by atoms with Gasteiger partial charge in [-0.1, -0.05) is 0 Å². The van der Waals surface area contributed by atoms with E-state index in [1.807, 2.05) is 36.4 Å². The first-order valence-corrected chi connectivity index (χ1v) is 16.8. The van der Waals surface area contributed by atoms with Crippen LogP contribution in [-0.4, -0.2) is 35.8 Å². The SMILES string of the molecule is COC(=O)C([I+]c1ccccc1)=[As](c1ccccc1)(c1ccccc1)c1ccccc1.F[B-](F)(F)F. The van der Waals surface area contributed by atoms with Crippen LogP contribution < -0.4 is 34.3 Å². The third kappa shape index (κ3) is 7.17. The van der Waals surface area contributed by atoms with E-state index in [-0.39, 0.29) is 5.97 Å². The maximum absolute atomic E-state index is 13.5. The summed E-state index contributed by atoms with van der Waals surface area (Å²) in [5.74, 6) is -0.180. The van der Waals surface area contributed by atoms with Gasteiger partial charge < -0.3 is 17.3 Å². The van der Waals surface area contributed by atoms with E-state index >= 15 is 0 Å². The van der Waals surface area contributed by atoms with Crippen LogP contribution in [0.3, 0.4) is 0 Å². The zero-order chi connectivity index (χ0) is 26.0. The topological polar surface area (TPSA) is 26.3 Å². The summed E-state index contributed by atoms with van der Waals surface area (Å²) in [4.78, 5) is 13.5. The van der Waals surface area contributed by atoms with Gasteiger partial charge in [0.2, 0.25) is 0 Å². The van der Waals surface area contributed by atoms with Gasteiger partial charge >= 0.3 is 204 Å². The molecule has 0 saturated carbocycles. The van der Waals surface area contributed by atoms with Crippen LogP contribution in [0.1, 0.15) is 0 Å². The number of ether oxygens (including phenoxy) is 1. The van der Waals surface area contributed by atoms with E-state index in [1.54, 1.807) is 0 Å². The second-order valence-corrected chi connectivity index (χ2v) is 19.1. The van der Waals surface area contributed by atoms with Crippen molar-refractivity contribution in [3.05, 3.63) is 125 Å². The van der Waals surface area contributed by atoms with Crippen molar-refractivity contribution in [2.24, 2.45) is 0 Å². The molecule has 0 atom stereocenters. The first kappa shape index (κ1) is 27.9. The van der Waals surface area contributed by atoms with Crippen molar-refractivity contribution in [1.29, 1.82) is 0 Å². The minimum absolute atomic E-state index is 0.180. The molecule has 0 amide bonds. The molecule has 9 heteroatoms. The van der Waals surface area contributed by atoms with Gasteiger partial charge in [-0.05, 0) is 0 Å². The summed E-state index contributed by atoms with van der Waals surface area (Å²) in [5.41, 5.74) is 0. The zero-order valence-corrected chi connectivity index (χ0v) is 23.3. The molecule has 4 rings (SSSR count). The Morgan fingerprint density at radius 1 is 0.639 bits per heavy atom. The third-order valence-corrected chi connectivity index (χ3v) is 20.6. The van der Waals surface area contributed by atoms with Crippen LogP contribution in [0.4, 0.5) is 17.3 Å². The molecule has 0 aliphatic rings. The summed E-state index contributed by atoms with van der Waals surface area (Å²) >= 11 is -4.06. The Morgan fingerprint density at radius 3 is 1.25 bits per heavy atom. The van der Waals surface area contributed by atoms with E-state index in [1.165, 1.54) is 23.7 Å². The molecule has 36 heavy (non-hydrogen) atoms. The molecular weight excluding hydrogens is 645 g/mol. The van der Waals surface area contributed by atoms with Crippen LogP contribution in [-0.2, 0) is 9.53 Å². The van der Waals surface area contributed by atoms with Crippen LogP contribution >= 0.6 is 0 Å². The predicted octanol–water partition coefficient (Wildman–Crippen LogP) is 1.30. The molecule has 0 radical (unpaired) electrons. The molecule has 0 N–H and O–H groups in total. The van der Waals surface area contributed by atoms with Gasteiger partial charge in [-0.3, -0.25) is 0 Å². The molecule has 0 aliphatic carbocycles. The summed E-state index contributed by atoms with van der Waals surface area (Å²) in [6.45, 7) is 0. The molecule has 0 saturated heterocycles. The molecular formula is C27H23AsBF4IO2. The Kier molecular flexibility index (Phi) is 10.1. The van der Waals surface area contributed by atoms with Crippen LogP contribution in [0.15, 0.2) is 121 Å². The molecule has 0 spiro atoms. The van der Waals surface area contributed by atoms with Crippen LogP contribution in [0, 0.1) is 3.57 Å². The van der Waals surface area contributed by atoms with Gasteiger partial charge in [0.15, 0.2) is 0 Å². The van der Waals surface area contributed by atoms with Crippen LogP contribution in [0.2, 0.25) is 0 Å². The molecule has 4 aromatic rings. The molecule has 0 aromatic heterocycles. The van der Waals surface area contributed by atoms with E-state index in [0.29, 0.717) is 0 Å². The van der Waals surface area contributed by atoms with Crippen LogP contribution in [0.5, 0.6) is 0 Å². The Balaban J connectivity index is 0.000000658. The minimum Gasteiger partial charge on any atom is -0.418 e. The van der Waals surface area contributed by atoms with Crippen molar-refractivity contribution in [2.75, 3.05) is 7.11 Å². The summed E-state index contributed by atoms with van der Waals surface area (Å²) in [6.07, 6.45) is 0. The number of rotatable bonds is 6. The minimum atomic E-state index is -6.00.